The van der Waals surface area contributed by atoms with Crippen molar-refractivity contribution in [2.75, 3.05) is 11.9 Å². The van der Waals surface area contributed by atoms with Crippen LogP contribution in [-0.4, -0.2) is 27.3 Å². The summed E-state index contributed by atoms with van der Waals surface area (Å²) in [5.41, 5.74) is 0. The number of nitrogens with zero attached hydrogens (tertiary/aromatic N) is 4. The minimum Gasteiger partial charge on any atom is -0.328 e. The Morgan fingerprint density at radius 3 is 1.74 bits per heavy atom. The molecule has 1 N–H and O–H groups in total. The van der Waals surface area contributed by atoms with Crippen LogP contribution in [0.4, 0.5) is 0 Å². The molecule has 139 valence electrons. The third-order valence-corrected chi connectivity index (χ3v) is 2.11. The summed E-state index contributed by atoms with van der Waals surface area (Å²) in [4.78, 5) is 21.9. The van der Waals surface area contributed by atoms with Gasteiger partial charge in [0.2, 0.25) is 0 Å². The third-order valence-electron chi connectivity index (χ3n) is 1.55. The number of hydrogen-bond donors (Lipinski definition) is 1. The summed E-state index contributed by atoms with van der Waals surface area (Å²) >= 11 is 3.27. The molecule has 0 bridgehead atoms. The number of alkyl halides is 1. The molecule has 0 saturated heterocycles. The molecular weight excluding hydrogens is 472 g/mol. The minimum absolute atomic E-state index is 0. The molecule has 0 aromatic rings. The molecule has 12 heteroatoms. The van der Waals surface area contributed by atoms with Crippen LogP contribution in [0.2, 0.25) is 0 Å². The van der Waals surface area contributed by atoms with Crippen molar-refractivity contribution in [2.45, 2.75) is 46.0 Å². The maximum atomic E-state index is 9.55. The molecule has 0 unspecified atom stereocenters. The van der Waals surface area contributed by atoms with Crippen molar-refractivity contribution in [2.24, 2.45) is 0 Å². The number of halogens is 1. The standard InChI is InChI=1S/C5H8BrN.C5H8N2O3.CH4.Ag.HNO3/c6-4-2-1-3-5-7;6-4-2-1-3-5-10-7(8)9;;;2-1(3)4/h1-4H2;1-3,5H2;1H4;;(H,2,3,4). The van der Waals surface area contributed by atoms with E-state index in [4.69, 9.17) is 25.8 Å². The van der Waals surface area contributed by atoms with Crippen molar-refractivity contribution in [3.8, 4) is 12.1 Å². The predicted octanol–water partition coefficient (Wildman–Crippen LogP) is 3.25. The number of hydrogen-bond acceptors (Lipinski definition) is 7. The molecule has 0 saturated carbocycles. The summed E-state index contributed by atoms with van der Waals surface area (Å²) in [7, 11) is 0. The van der Waals surface area contributed by atoms with E-state index in [1.54, 1.807) is 0 Å². The van der Waals surface area contributed by atoms with Crippen molar-refractivity contribution < 1.29 is 42.6 Å². The monoisotopic (exact) mass is 491 g/mol. The van der Waals surface area contributed by atoms with Crippen LogP contribution in [0, 0.1) is 42.9 Å². The topological polar surface area (TPSA) is 163 Å². The molecule has 0 amide bonds. The smallest absolute Gasteiger partial charge is 0.294 e. The van der Waals surface area contributed by atoms with Crippen molar-refractivity contribution in [1.29, 1.82) is 10.5 Å². The molecule has 0 aromatic heterocycles. The molecule has 0 atom stereocenters. The number of rotatable bonds is 8. The van der Waals surface area contributed by atoms with Crippen LogP contribution in [0.15, 0.2) is 0 Å². The van der Waals surface area contributed by atoms with E-state index in [1.165, 1.54) is 0 Å². The van der Waals surface area contributed by atoms with Gasteiger partial charge in [-0.1, -0.05) is 23.4 Å². The Kier molecular flexibility index (Phi) is 47.0. The van der Waals surface area contributed by atoms with E-state index < -0.39 is 10.2 Å². The first kappa shape index (κ1) is 33.3. The van der Waals surface area contributed by atoms with Crippen LogP contribution in [0.3, 0.4) is 0 Å². The Balaban J connectivity index is -0.0000000735. The fourth-order valence-corrected chi connectivity index (χ4v) is 1.14. The largest absolute Gasteiger partial charge is 0.328 e. The van der Waals surface area contributed by atoms with E-state index in [-0.39, 0.29) is 36.4 Å². The fourth-order valence-electron chi connectivity index (χ4n) is 0.744. The first-order chi connectivity index (χ1) is 9.92. The second-order valence-corrected chi connectivity index (χ2v) is 4.01. The average Bonchev–Trinajstić information content (AvgIpc) is 2.39. The van der Waals surface area contributed by atoms with Crippen LogP contribution in [-0.2, 0) is 27.2 Å². The van der Waals surface area contributed by atoms with Gasteiger partial charge in [0.05, 0.1) is 18.7 Å². The van der Waals surface area contributed by atoms with Crippen LogP contribution in [0.5, 0.6) is 0 Å². The van der Waals surface area contributed by atoms with Gasteiger partial charge in [0.1, 0.15) is 0 Å². The van der Waals surface area contributed by atoms with Crippen LogP contribution >= 0.6 is 15.9 Å². The Bertz CT molecular complexity index is 344. The summed E-state index contributed by atoms with van der Waals surface area (Å²) in [5.74, 6) is 0. The Morgan fingerprint density at radius 1 is 1.04 bits per heavy atom. The molecule has 23 heavy (non-hydrogen) atoms. The molecule has 0 aliphatic heterocycles. The van der Waals surface area contributed by atoms with Crippen LogP contribution in [0.1, 0.15) is 46.0 Å². The Labute approximate surface area is 159 Å². The van der Waals surface area contributed by atoms with E-state index in [0.29, 0.717) is 25.7 Å². The van der Waals surface area contributed by atoms with Crippen LogP contribution in [0.25, 0.3) is 0 Å². The van der Waals surface area contributed by atoms with Gasteiger partial charge in [-0.05, 0) is 25.7 Å². The van der Waals surface area contributed by atoms with Crippen molar-refractivity contribution >= 4 is 15.9 Å². The number of nitriles is 2. The molecule has 1 radical (unpaired) electrons. The maximum absolute atomic E-state index is 9.55. The second kappa shape index (κ2) is 32.5. The molecular formula is C11H21AgBrN4O6. The summed E-state index contributed by atoms with van der Waals surface area (Å²) in [6.45, 7) is 0.0919. The predicted molar refractivity (Wildman–Crippen MR) is 81.2 cm³/mol. The third kappa shape index (κ3) is 77.3. The normalized spacial score (nSPS) is 7.09. The van der Waals surface area contributed by atoms with Crippen molar-refractivity contribution in [3.63, 3.8) is 0 Å². The molecule has 10 nitrogen and oxygen atoms in total. The maximum Gasteiger partial charge on any atom is 0.294 e. The zero-order valence-electron chi connectivity index (χ0n) is 11.6. The molecule has 0 aliphatic carbocycles. The molecule has 0 spiro atoms. The van der Waals surface area contributed by atoms with E-state index in [1.807, 2.05) is 6.07 Å². The number of unbranched alkanes of at least 4 members (excludes halogenated alkanes) is 4. The van der Waals surface area contributed by atoms with E-state index >= 15 is 0 Å². The van der Waals surface area contributed by atoms with Gasteiger partial charge in [-0.3, -0.25) is 0 Å². The van der Waals surface area contributed by atoms with Gasteiger partial charge in [-0.25, -0.2) is 0 Å². The van der Waals surface area contributed by atoms with Gasteiger partial charge in [0.15, 0.2) is 0 Å². The van der Waals surface area contributed by atoms with E-state index in [9.17, 15) is 10.1 Å². The summed E-state index contributed by atoms with van der Waals surface area (Å²) < 4.78 is 0. The average molecular weight is 493 g/mol. The van der Waals surface area contributed by atoms with E-state index in [2.05, 4.69) is 26.8 Å². The van der Waals surface area contributed by atoms with E-state index in [0.717, 1.165) is 18.2 Å². The fraction of sp³-hybridized carbons (Fsp3) is 0.818. The van der Waals surface area contributed by atoms with Gasteiger partial charge >= 0.3 is 0 Å². The molecule has 0 aliphatic rings. The first-order valence-electron chi connectivity index (χ1n) is 5.82. The SMILES string of the molecule is C.N#CCCCCBr.N#CCCCCO[N+](=O)[O-].O=[N+]([O-])O.[Ag]. The Morgan fingerprint density at radius 2 is 1.43 bits per heavy atom. The first-order valence-corrected chi connectivity index (χ1v) is 6.94. The van der Waals surface area contributed by atoms with Gasteiger partial charge in [0, 0.05) is 40.6 Å². The molecule has 0 aromatic carbocycles. The summed E-state index contributed by atoms with van der Waals surface area (Å²) in [6.07, 6.45) is 4.50. The van der Waals surface area contributed by atoms with Gasteiger partial charge in [0.25, 0.3) is 10.2 Å². The summed E-state index contributed by atoms with van der Waals surface area (Å²) in [5, 5.41) is 39.5. The zero-order valence-corrected chi connectivity index (χ0v) is 14.7. The Hall–Kier alpha value is -1.40. The van der Waals surface area contributed by atoms with Gasteiger partial charge < -0.3 is 10.0 Å². The quantitative estimate of drug-likeness (QED) is 0.177. The van der Waals surface area contributed by atoms with Crippen molar-refractivity contribution in [1.82, 2.24) is 0 Å². The molecule has 0 fully saturated rings. The minimum atomic E-state index is -1.50. The van der Waals surface area contributed by atoms with Crippen molar-refractivity contribution in [3.05, 3.63) is 20.2 Å². The molecule has 0 heterocycles. The molecule has 0 rings (SSSR count). The zero-order chi connectivity index (χ0) is 16.9. The van der Waals surface area contributed by atoms with Crippen LogP contribution < -0.4 is 0 Å². The van der Waals surface area contributed by atoms with Gasteiger partial charge in [-0.2, -0.15) is 10.5 Å². The second-order valence-electron chi connectivity index (χ2n) is 3.21. The van der Waals surface area contributed by atoms with Gasteiger partial charge in [-0.15, -0.1) is 20.2 Å². The summed E-state index contributed by atoms with van der Waals surface area (Å²) in [6, 6.07) is 4.01.